The van der Waals surface area contributed by atoms with Crippen LogP contribution in [0.4, 0.5) is 0 Å². The second kappa shape index (κ2) is 13.5. The molecule has 0 spiro atoms. The van der Waals surface area contributed by atoms with Crippen molar-refractivity contribution in [1.82, 2.24) is 24.5 Å². The van der Waals surface area contributed by atoms with Crippen LogP contribution in [-0.4, -0.2) is 24.5 Å². The first-order valence-electron chi connectivity index (χ1n) is 19.1. The molecule has 0 unspecified atom stereocenters. The number of benzene rings is 8. The van der Waals surface area contributed by atoms with E-state index in [4.69, 9.17) is 19.9 Å². The van der Waals surface area contributed by atoms with Crippen LogP contribution in [0.15, 0.2) is 200 Å². The highest BCUT2D eigenvalue weighted by Crippen LogP contribution is 2.41. The molecule has 3 heterocycles. The summed E-state index contributed by atoms with van der Waals surface area (Å²) in [5.74, 6) is 1.24. The molecule has 11 rings (SSSR count). The Balaban J connectivity index is 1.21. The van der Waals surface area contributed by atoms with Crippen LogP contribution in [0.2, 0.25) is 0 Å². The fourth-order valence-electron chi connectivity index (χ4n) is 8.08. The molecule has 0 N–H and O–H groups in total. The van der Waals surface area contributed by atoms with Crippen molar-refractivity contribution in [1.29, 1.82) is 0 Å². The summed E-state index contributed by atoms with van der Waals surface area (Å²) in [7, 11) is 0. The zero-order chi connectivity index (χ0) is 37.7. The molecule has 0 saturated carbocycles. The van der Waals surface area contributed by atoms with E-state index in [1.165, 1.54) is 21.5 Å². The quantitative estimate of drug-likeness (QED) is 0.153. The lowest BCUT2D eigenvalue weighted by Crippen LogP contribution is -2.01. The fourth-order valence-corrected chi connectivity index (χ4v) is 8.08. The molecule has 0 aliphatic carbocycles. The van der Waals surface area contributed by atoms with Gasteiger partial charge in [0, 0.05) is 49.8 Å². The molecule has 266 valence electrons. The van der Waals surface area contributed by atoms with Crippen molar-refractivity contribution in [2.24, 2.45) is 0 Å². The van der Waals surface area contributed by atoms with Crippen LogP contribution in [0.1, 0.15) is 0 Å². The van der Waals surface area contributed by atoms with Gasteiger partial charge in [0.1, 0.15) is 0 Å². The summed E-state index contributed by atoms with van der Waals surface area (Å²) in [6, 6.07) is 69.6. The maximum atomic E-state index is 5.28. The van der Waals surface area contributed by atoms with E-state index in [9.17, 15) is 0 Å². The monoisotopic (exact) mass is 727 g/mol. The Morgan fingerprint density at radius 3 is 0.982 bits per heavy atom. The Kier molecular flexibility index (Phi) is 7.74. The topological polar surface area (TPSA) is 56.5 Å². The van der Waals surface area contributed by atoms with E-state index in [-0.39, 0.29) is 0 Å². The average Bonchev–Trinajstić information content (AvgIpc) is 3.65. The molecular weight excluding hydrogens is 695 g/mol. The minimum absolute atomic E-state index is 0.619. The van der Waals surface area contributed by atoms with Gasteiger partial charge in [-0.25, -0.2) is 19.9 Å². The Labute approximate surface area is 329 Å². The molecule has 0 atom stereocenters. The normalized spacial score (nSPS) is 11.5. The molecule has 3 aromatic heterocycles. The second-order valence-electron chi connectivity index (χ2n) is 14.3. The number of hydrogen-bond donors (Lipinski definition) is 0. The van der Waals surface area contributed by atoms with E-state index in [0.717, 1.165) is 72.9 Å². The standard InChI is InChI=1S/C52H33N5/c1-5-15-34(16-6-1)43-32-44(35-17-7-2-8-18-35)54-51(53-43)40-29-41(52-55-45(36-19-9-3-10-20-36)33-46(56-52)37-21-11-4-12-22-37)31-42(30-40)57-47-25-13-23-38-27-28-39-24-14-26-48(57)50(39)49(38)47/h1-33H. The maximum absolute atomic E-state index is 5.28. The van der Waals surface area contributed by atoms with E-state index in [1.807, 2.05) is 72.8 Å². The lowest BCUT2D eigenvalue weighted by atomic mass is 10.0. The summed E-state index contributed by atoms with van der Waals surface area (Å²) in [6.07, 6.45) is 0. The van der Waals surface area contributed by atoms with Gasteiger partial charge in [-0.05, 0) is 53.2 Å². The van der Waals surface area contributed by atoms with Crippen LogP contribution in [-0.2, 0) is 0 Å². The third-order valence-corrected chi connectivity index (χ3v) is 10.7. The smallest absolute Gasteiger partial charge is 0.160 e. The molecule has 5 nitrogen and oxygen atoms in total. The number of hydrogen-bond acceptors (Lipinski definition) is 4. The van der Waals surface area contributed by atoms with Gasteiger partial charge in [-0.15, -0.1) is 0 Å². The van der Waals surface area contributed by atoms with E-state index in [2.05, 4.69) is 132 Å². The van der Waals surface area contributed by atoms with Crippen molar-refractivity contribution in [3.8, 4) is 73.5 Å². The summed E-state index contributed by atoms with van der Waals surface area (Å²) >= 11 is 0. The molecule has 0 aliphatic rings. The SMILES string of the molecule is c1ccc(-c2cc(-c3ccccc3)nc(-c3cc(-c4nc(-c5ccccc5)cc(-c5ccccc5)n4)cc(-n4c5cccc6ccc7cccc4c7c65)c3)n2)cc1. The van der Waals surface area contributed by atoms with Gasteiger partial charge in [-0.2, -0.15) is 0 Å². The third kappa shape index (κ3) is 5.81. The average molecular weight is 728 g/mol. The van der Waals surface area contributed by atoms with Crippen LogP contribution in [0.3, 0.4) is 0 Å². The summed E-state index contributed by atoms with van der Waals surface area (Å²) in [4.78, 5) is 21.1. The lowest BCUT2D eigenvalue weighted by Gasteiger charge is -2.15. The second-order valence-corrected chi connectivity index (χ2v) is 14.3. The highest BCUT2D eigenvalue weighted by atomic mass is 15.0. The fraction of sp³-hybridized carbons (Fsp3) is 0. The molecule has 0 aliphatic heterocycles. The summed E-state index contributed by atoms with van der Waals surface area (Å²) in [5.41, 5.74) is 12.5. The largest absolute Gasteiger partial charge is 0.309 e. The number of aromatic nitrogens is 5. The third-order valence-electron chi connectivity index (χ3n) is 10.7. The zero-order valence-electron chi connectivity index (χ0n) is 30.8. The van der Waals surface area contributed by atoms with Crippen LogP contribution in [0, 0.1) is 0 Å². The molecular formula is C52H33N5. The first kappa shape index (κ1) is 32.7. The predicted octanol–water partition coefficient (Wildman–Crippen LogP) is 13.0. The van der Waals surface area contributed by atoms with Crippen LogP contribution in [0.5, 0.6) is 0 Å². The zero-order valence-corrected chi connectivity index (χ0v) is 30.8. The van der Waals surface area contributed by atoms with Crippen molar-refractivity contribution in [3.63, 3.8) is 0 Å². The molecule has 0 radical (unpaired) electrons. The Bertz CT molecular complexity index is 2880. The Morgan fingerprint density at radius 1 is 0.281 bits per heavy atom. The molecule has 11 aromatic rings. The van der Waals surface area contributed by atoms with Gasteiger partial charge in [0.25, 0.3) is 0 Å². The van der Waals surface area contributed by atoms with Crippen LogP contribution < -0.4 is 0 Å². The van der Waals surface area contributed by atoms with E-state index >= 15 is 0 Å². The van der Waals surface area contributed by atoms with Crippen LogP contribution >= 0.6 is 0 Å². The summed E-state index contributed by atoms with van der Waals surface area (Å²) < 4.78 is 2.37. The molecule has 8 aromatic carbocycles. The Morgan fingerprint density at radius 2 is 0.632 bits per heavy atom. The minimum atomic E-state index is 0.619. The summed E-state index contributed by atoms with van der Waals surface area (Å²) in [5, 5.41) is 4.92. The van der Waals surface area contributed by atoms with Crippen molar-refractivity contribution >= 4 is 32.6 Å². The highest BCUT2D eigenvalue weighted by molar-refractivity contribution is 6.24. The van der Waals surface area contributed by atoms with E-state index in [1.54, 1.807) is 0 Å². The highest BCUT2D eigenvalue weighted by Gasteiger charge is 2.20. The molecule has 0 fully saturated rings. The van der Waals surface area contributed by atoms with Crippen molar-refractivity contribution in [2.75, 3.05) is 0 Å². The number of nitrogens with zero attached hydrogens (tertiary/aromatic N) is 5. The van der Waals surface area contributed by atoms with E-state index in [0.29, 0.717) is 11.6 Å². The van der Waals surface area contributed by atoms with Gasteiger partial charge in [0.05, 0.1) is 33.8 Å². The van der Waals surface area contributed by atoms with Gasteiger partial charge in [0.2, 0.25) is 0 Å². The first-order valence-corrected chi connectivity index (χ1v) is 19.1. The maximum Gasteiger partial charge on any atom is 0.160 e. The van der Waals surface area contributed by atoms with Gasteiger partial charge >= 0.3 is 0 Å². The molecule has 0 amide bonds. The predicted molar refractivity (Wildman–Crippen MR) is 233 cm³/mol. The van der Waals surface area contributed by atoms with Crippen molar-refractivity contribution < 1.29 is 0 Å². The van der Waals surface area contributed by atoms with Gasteiger partial charge < -0.3 is 4.57 Å². The number of rotatable bonds is 7. The molecule has 57 heavy (non-hydrogen) atoms. The Hall–Kier alpha value is -7.76. The minimum Gasteiger partial charge on any atom is -0.309 e. The first-order chi connectivity index (χ1) is 28.2. The lowest BCUT2D eigenvalue weighted by molar-refractivity contribution is 1.14. The van der Waals surface area contributed by atoms with Gasteiger partial charge in [0.15, 0.2) is 11.6 Å². The van der Waals surface area contributed by atoms with Gasteiger partial charge in [-0.1, -0.05) is 158 Å². The molecule has 5 heteroatoms. The van der Waals surface area contributed by atoms with E-state index < -0.39 is 0 Å². The molecule has 0 bridgehead atoms. The van der Waals surface area contributed by atoms with Gasteiger partial charge in [-0.3, -0.25) is 0 Å². The van der Waals surface area contributed by atoms with Crippen LogP contribution in [0.25, 0.3) is 106 Å². The van der Waals surface area contributed by atoms with Crippen molar-refractivity contribution in [2.45, 2.75) is 0 Å². The van der Waals surface area contributed by atoms with Crippen molar-refractivity contribution in [3.05, 3.63) is 200 Å². The molecule has 0 saturated heterocycles. The summed E-state index contributed by atoms with van der Waals surface area (Å²) in [6.45, 7) is 0.